The molecular formula is C13H12ClNO3. The zero-order chi connectivity index (χ0) is 12.7. The van der Waals surface area contributed by atoms with Crippen molar-refractivity contribution in [1.29, 1.82) is 0 Å². The molecule has 18 heavy (non-hydrogen) atoms. The van der Waals surface area contributed by atoms with Crippen LogP contribution >= 0.6 is 11.6 Å². The van der Waals surface area contributed by atoms with Crippen LogP contribution in [0.2, 0.25) is 5.02 Å². The van der Waals surface area contributed by atoms with Gasteiger partial charge < -0.3 is 9.64 Å². The van der Waals surface area contributed by atoms with E-state index < -0.39 is 0 Å². The molecule has 0 N–H and O–H groups in total. The predicted octanol–water partition coefficient (Wildman–Crippen LogP) is 1.41. The summed E-state index contributed by atoms with van der Waals surface area (Å²) in [5.74, 6) is -0.342. The number of amides is 1. The molecule has 1 amide bonds. The maximum absolute atomic E-state index is 12.2. The lowest BCUT2D eigenvalue weighted by atomic mass is 10.1. The summed E-state index contributed by atoms with van der Waals surface area (Å²) in [7, 11) is 0. The van der Waals surface area contributed by atoms with E-state index in [9.17, 15) is 9.59 Å². The first kappa shape index (κ1) is 11.5. The summed E-state index contributed by atoms with van der Waals surface area (Å²) >= 11 is 6.02. The number of likely N-dealkylation sites (tertiary alicyclic amines) is 1. The highest BCUT2D eigenvalue weighted by molar-refractivity contribution is 6.31. The number of carbonyl (C=O) groups is 2. The number of morpholine rings is 1. The van der Waals surface area contributed by atoms with E-state index in [0.29, 0.717) is 18.0 Å². The second-order valence-corrected chi connectivity index (χ2v) is 5.03. The van der Waals surface area contributed by atoms with Crippen LogP contribution in [-0.4, -0.2) is 35.5 Å². The highest BCUT2D eigenvalue weighted by Gasteiger charge is 2.48. The molecule has 1 aromatic rings. The Morgan fingerprint density at radius 2 is 2.22 bits per heavy atom. The Kier molecular flexibility index (Phi) is 2.74. The molecule has 0 aliphatic carbocycles. The molecular weight excluding hydrogens is 254 g/mol. The van der Waals surface area contributed by atoms with Crippen molar-refractivity contribution in [3.63, 3.8) is 0 Å². The molecule has 0 saturated carbocycles. The molecule has 2 unspecified atom stereocenters. The van der Waals surface area contributed by atoms with Crippen LogP contribution in [0.5, 0.6) is 0 Å². The van der Waals surface area contributed by atoms with Gasteiger partial charge >= 0.3 is 5.97 Å². The van der Waals surface area contributed by atoms with Crippen molar-refractivity contribution in [2.24, 2.45) is 0 Å². The number of hydrogen-bond acceptors (Lipinski definition) is 3. The Balaban J connectivity index is 1.73. The second-order valence-electron chi connectivity index (χ2n) is 4.62. The zero-order valence-electron chi connectivity index (χ0n) is 9.64. The van der Waals surface area contributed by atoms with Crippen molar-refractivity contribution in [3.05, 3.63) is 34.9 Å². The lowest BCUT2D eigenvalue weighted by Crippen LogP contribution is -2.44. The SMILES string of the molecule is O=C1OC2CC1N(C(=O)Cc1ccccc1Cl)C2. The standard InChI is InChI=1S/C13H12ClNO3/c14-10-4-2-1-3-8(10)5-12(16)15-7-9-6-11(15)13(17)18-9/h1-4,9,11H,5-7H2. The second kappa shape index (κ2) is 4.28. The van der Waals surface area contributed by atoms with E-state index in [4.69, 9.17) is 16.3 Å². The molecule has 3 rings (SSSR count). The number of halogens is 1. The van der Waals surface area contributed by atoms with Crippen LogP contribution in [0.4, 0.5) is 0 Å². The Hall–Kier alpha value is -1.55. The van der Waals surface area contributed by atoms with Gasteiger partial charge in [0.15, 0.2) is 0 Å². The van der Waals surface area contributed by atoms with Crippen molar-refractivity contribution < 1.29 is 14.3 Å². The Morgan fingerprint density at radius 1 is 1.44 bits per heavy atom. The smallest absolute Gasteiger partial charge is 0.329 e. The van der Waals surface area contributed by atoms with Crippen molar-refractivity contribution in [2.45, 2.75) is 25.0 Å². The highest BCUT2D eigenvalue weighted by atomic mass is 35.5. The summed E-state index contributed by atoms with van der Waals surface area (Å²) in [5.41, 5.74) is 0.792. The normalized spacial score (nSPS) is 25.4. The van der Waals surface area contributed by atoms with E-state index in [0.717, 1.165) is 5.56 Å². The molecule has 2 atom stereocenters. The average Bonchev–Trinajstić information content (AvgIpc) is 2.90. The van der Waals surface area contributed by atoms with Gasteiger partial charge in [-0.2, -0.15) is 0 Å². The Bertz CT molecular complexity index is 517. The number of nitrogens with zero attached hydrogens (tertiary/aromatic N) is 1. The third-order valence-electron chi connectivity index (χ3n) is 3.44. The number of ether oxygens (including phenoxy) is 1. The summed E-state index contributed by atoms with van der Waals surface area (Å²) in [6.45, 7) is 0.514. The molecule has 2 heterocycles. The third-order valence-corrected chi connectivity index (χ3v) is 3.81. The fraction of sp³-hybridized carbons (Fsp3) is 0.385. The van der Waals surface area contributed by atoms with Crippen molar-refractivity contribution in [1.82, 2.24) is 4.90 Å². The molecule has 2 aliphatic heterocycles. The number of rotatable bonds is 2. The van der Waals surface area contributed by atoms with Gasteiger partial charge in [0.2, 0.25) is 5.91 Å². The van der Waals surface area contributed by atoms with E-state index >= 15 is 0 Å². The van der Waals surface area contributed by atoms with E-state index in [1.807, 2.05) is 18.2 Å². The van der Waals surface area contributed by atoms with Crippen LogP contribution in [-0.2, 0) is 20.7 Å². The first-order chi connectivity index (χ1) is 8.65. The van der Waals surface area contributed by atoms with Gasteiger partial charge in [0.05, 0.1) is 13.0 Å². The van der Waals surface area contributed by atoms with Gasteiger partial charge in [0.1, 0.15) is 12.1 Å². The minimum Gasteiger partial charge on any atom is -0.459 e. The average molecular weight is 266 g/mol. The number of hydrogen-bond donors (Lipinski definition) is 0. The molecule has 4 nitrogen and oxygen atoms in total. The van der Waals surface area contributed by atoms with Crippen LogP contribution in [0.3, 0.4) is 0 Å². The van der Waals surface area contributed by atoms with Crippen LogP contribution in [0.1, 0.15) is 12.0 Å². The third kappa shape index (κ3) is 1.86. The largest absolute Gasteiger partial charge is 0.459 e. The zero-order valence-corrected chi connectivity index (χ0v) is 10.4. The summed E-state index contributed by atoms with van der Waals surface area (Å²) in [4.78, 5) is 25.2. The molecule has 94 valence electrons. The quantitative estimate of drug-likeness (QED) is 0.760. The maximum Gasteiger partial charge on any atom is 0.329 e. The molecule has 0 radical (unpaired) electrons. The molecule has 0 spiro atoms. The molecule has 2 bridgehead atoms. The first-order valence-corrected chi connectivity index (χ1v) is 6.26. The van der Waals surface area contributed by atoms with Crippen LogP contribution in [0.25, 0.3) is 0 Å². The minimum atomic E-state index is -0.384. The summed E-state index contributed by atoms with van der Waals surface area (Å²) in [5, 5.41) is 0.581. The van der Waals surface area contributed by atoms with Crippen molar-refractivity contribution >= 4 is 23.5 Å². The highest BCUT2D eigenvalue weighted by Crippen LogP contribution is 2.29. The topological polar surface area (TPSA) is 46.6 Å². The van der Waals surface area contributed by atoms with Gasteiger partial charge in [-0.15, -0.1) is 0 Å². The summed E-state index contributed by atoms with van der Waals surface area (Å²) in [6.07, 6.45) is 0.751. The van der Waals surface area contributed by atoms with E-state index in [1.165, 1.54) is 0 Å². The molecule has 2 aliphatic rings. The predicted molar refractivity (Wildman–Crippen MR) is 65.2 cm³/mol. The van der Waals surface area contributed by atoms with E-state index in [2.05, 4.69) is 0 Å². The summed E-state index contributed by atoms with van der Waals surface area (Å²) < 4.78 is 5.06. The molecule has 2 fully saturated rings. The van der Waals surface area contributed by atoms with Crippen LogP contribution in [0, 0.1) is 0 Å². The van der Waals surface area contributed by atoms with Crippen LogP contribution in [0.15, 0.2) is 24.3 Å². The lowest BCUT2D eigenvalue weighted by molar-refractivity contribution is -0.156. The lowest BCUT2D eigenvalue weighted by Gasteiger charge is -2.25. The maximum atomic E-state index is 12.2. The molecule has 1 aromatic carbocycles. The van der Waals surface area contributed by atoms with Crippen molar-refractivity contribution in [2.75, 3.05) is 6.54 Å². The number of fused-ring (bicyclic) bond motifs is 2. The van der Waals surface area contributed by atoms with Crippen molar-refractivity contribution in [3.8, 4) is 0 Å². The minimum absolute atomic E-state index is 0.0627. The van der Waals surface area contributed by atoms with Crippen LogP contribution < -0.4 is 0 Å². The molecule has 5 heteroatoms. The van der Waals surface area contributed by atoms with Gasteiger partial charge in [-0.1, -0.05) is 29.8 Å². The van der Waals surface area contributed by atoms with Gasteiger partial charge in [0, 0.05) is 11.4 Å². The number of carbonyl (C=O) groups excluding carboxylic acids is 2. The Labute approximate surface area is 109 Å². The van der Waals surface area contributed by atoms with E-state index in [1.54, 1.807) is 11.0 Å². The van der Waals surface area contributed by atoms with Gasteiger partial charge in [0.25, 0.3) is 0 Å². The fourth-order valence-corrected chi connectivity index (χ4v) is 2.73. The molecule has 0 aromatic heterocycles. The number of esters is 1. The van der Waals surface area contributed by atoms with Gasteiger partial charge in [-0.3, -0.25) is 4.79 Å². The Morgan fingerprint density at radius 3 is 2.89 bits per heavy atom. The van der Waals surface area contributed by atoms with E-state index in [-0.39, 0.29) is 30.4 Å². The number of benzene rings is 1. The fourth-order valence-electron chi connectivity index (χ4n) is 2.53. The summed E-state index contributed by atoms with van der Waals surface area (Å²) in [6, 6.07) is 6.87. The van der Waals surface area contributed by atoms with Gasteiger partial charge in [-0.05, 0) is 11.6 Å². The molecule has 2 saturated heterocycles. The first-order valence-electron chi connectivity index (χ1n) is 5.88. The monoisotopic (exact) mass is 265 g/mol. The van der Waals surface area contributed by atoms with Gasteiger partial charge in [-0.25, -0.2) is 4.79 Å².